The molecule has 0 amide bonds. The van der Waals surface area contributed by atoms with Crippen molar-refractivity contribution in [2.45, 2.75) is 64.6 Å². The van der Waals surface area contributed by atoms with Crippen molar-refractivity contribution in [3.05, 3.63) is 0 Å². The van der Waals surface area contributed by atoms with Gasteiger partial charge in [-0.1, -0.05) is 0 Å². The Kier molecular flexibility index (Phi) is 3.46. The first kappa shape index (κ1) is 13.9. The Morgan fingerprint density at radius 2 is 1.50 bits per heavy atom. The average molecular weight is 229 g/mol. The molecule has 0 aromatic heterocycles. The maximum Gasteiger partial charge on any atom is 0.0923 e. The van der Waals surface area contributed by atoms with Crippen LogP contribution in [0.5, 0.6) is 0 Å². The topological polar surface area (TPSA) is 23.5 Å². The molecule has 0 radical (unpaired) electrons. The predicted octanol–water partition coefficient (Wildman–Crippen LogP) is 2.49. The van der Waals surface area contributed by atoms with Gasteiger partial charge in [0.2, 0.25) is 0 Å². The third-order valence-electron chi connectivity index (χ3n) is 4.42. The van der Waals surface area contributed by atoms with Crippen LogP contribution in [0.25, 0.3) is 0 Å². The first-order valence-corrected chi connectivity index (χ1v) is 6.35. The van der Waals surface area contributed by atoms with Crippen LogP contribution in [0.15, 0.2) is 0 Å². The molecule has 0 atom stereocenters. The Labute approximate surface area is 101 Å². The van der Waals surface area contributed by atoms with Crippen LogP contribution in [0.2, 0.25) is 0 Å². The second kappa shape index (κ2) is 3.97. The molecule has 1 aliphatic rings. The van der Waals surface area contributed by atoms with Crippen molar-refractivity contribution in [2.75, 3.05) is 20.6 Å². The fourth-order valence-corrected chi connectivity index (χ4v) is 2.97. The Morgan fingerprint density at radius 1 is 1.12 bits per heavy atom. The van der Waals surface area contributed by atoms with E-state index >= 15 is 0 Å². The van der Waals surface area contributed by atoms with Gasteiger partial charge in [-0.15, -0.1) is 0 Å². The van der Waals surface area contributed by atoms with Crippen molar-refractivity contribution in [1.29, 1.82) is 0 Å². The van der Waals surface area contributed by atoms with Gasteiger partial charge in [-0.3, -0.25) is 0 Å². The van der Waals surface area contributed by atoms with E-state index in [1.54, 1.807) is 5.06 Å². The molecule has 16 heavy (non-hydrogen) atoms. The molecule has 0 spiro atoms. The average Bonchev–Trinajstić information content (AvgIpc) is 2.13. The van der Waals surface area contributed by atoms with Crippen LogP contribution in [0.4, 0.5) is 0 Å². The highest BCUT2D eigenvalue weighted by atomic mass is 16.5. The quantitative estimate of drug-likeness (QED) is 0.735. The van der Waals surface area contributed by atoms with E-state index in [4.69, 9.17) is 0 Å². The van der Waals surface area contributed by atoms with E-state index < -0.39 is 0 Å². The van der Waals surface area contributed by atoms with Gasteiger partial charge in [-0.25, -0.2) is 0 Å². The van der Waals surface area contributed by atoms with E-state index in [1.165, 1.54) is 0 Å². The first-order valence-electron chi connectivity index (χ1n) is 6.35. The zero-order valence-corrected chi connectivity index (χ0v) is 12.0. The second-order valence-corrected chi connectivity index (χ2v) is 7.09. The van der Waals surface area contributed by atoms with Crippen molar-refractivity contribution < 1.29 is 9.69 Å². The third kappa shape index (κ3) is 2.41. The maximum atomic E-state index is 10.2. The molecule has 0 unspecified atom stereocenters. The number of hydrogen-bond donors (Lipinski definition) is 1. The number of rotatable bonds is 2. The summed E-state index contributed by atoms with van der Waals surface area (Å²) in [4.78, 5) is 0. The van der Waals surface area contributed by atoms with Crippen LogP contribution in [0.1, 0.15) is 47.5 Å². The van der Waals surface area contributed by atoms with Gasteiger partial charge in [0, 0.05) is 23.9 Å². The summed E-state index contributed by atoms with van der Waals surface area (Å²) in [5, 5.41) is 11.8. The summed E-state index contributed by atoms with van der Waals surface area (Å²) in [6.07, 6.45) is 2.10. The number of piperidine rings is 1. The standard InChI is InChI=1S/C13H29N2O/c1-8-15(6,7)11-9-12(2,3)14(16)13(4,5)10-11/h11,16H,8-10H2,1-7H3/q+1. The Balaban J connectivity index is 2.95. The van der Waals surface area contributed by atoms with E-state index in [9.17, 15) is 5.21 Å². The van der Waals surface area contributed by atoms with Crippen LogP contribution in [0, 0.1) is 0 Å². The molecule has 3 heteroatoms. The highest BCUT2D eigenvalue weighted by molar-refractivity contribution is 4.96. The highest BCUT2D eigenvalue weighted by Crippen LogP contribution is 2.39. The van der Waals surface area contributed by atoms with E-state index in [2.05, 4.69) is 48.7 Å². The zero-order chi connectivity index (χ0) is 12.8. The van der Waals surface area contributed by atoms with Gasteiger partial charge in [-0.05, 0) is 34.6 Å². The molecule has 3 nitrogen and oxygen atoms in total. The lowest BCUT2D eigenvalue weighted by Gasteiger charge is -2.54. The third-order valence-corrected chi connectivity index (χ3v) is 4.42. The fraction of sp³-hybridized carbons (Fsp3) is 1.00. The van der Waals surface area contributed by atoms with Gasteiger partial charge in [0.05, 0.1) is 26.7 Å². The molecule has 96 valence electrons. The van der Waals surface area contributed by atoms with Crippen LogP contribution >= 0.6 is 0 Å². The van der Waals surface area contributed by atoms with Gasteiger partial charge >= 0.3 is 0 Å². The summed E-state index contributed by atoms with van der Waals surface area (Å²) < 4.78 is 1.04. The minimum absolute atomic E-state index is 0.128. The minimum atomic E-state index is -0.128. The second-order valence-electron chi connectivity index (χ2n) is 7.09. The monoisotopic (exact) mass is 229 g/mol. The Bertz CT molecular complexity index is 241. The molecule has 1 fully saturated rings. The van der Waals surface area contributed by atoms with Crippen LogP contribution < -0.4 is 0 Å². The molecule has 0 aliphatic carbocycles. The first-order chi connectivity index (χ1) is 7.03. The van der Waals surface area contributed by atoms with Crippen molar-refractivity contribution in [3.8, 4) is 0 Å². The fourth-order valence-electron chi connectivity index (χ4n) is 2.97. The highest BCUT2D eigenvalue weighted by Gasteiger charge is 2.49. The lowest BCUT2D eigenvalue weighted by Crippen LogP contribution is -2.65. The molecular formula is C13H29N2O+. The molecule has 1 N–H and O–H groups in total. The molecular weight excluding hydrogens is 200 g/mol. The molecule has 1 saturated heterocycles. The minimum Gasteiger partial charge on any atom is -0.326 e. The summed E-state index contributed by atoms with van der Waals surface area (Å²) >= 11 is 0. The predicted molar refractivity (Wildman–Crippen MR) is 67.5 cm³/mol. The number of hydrogen-bond acceptors (Lipinski definition) is 2. The van der Waals surface area contributed by atoms with Crippen molar-refractivity contribution in [2.24, 2.45) is 0 Å². The Hall–Kier alpha value is -0.120. The number of nitrogens with zero attached hydrogens (tertiary/aromatic N) is 2. The number of hydroxylamine groups is 2. The van der Waals surface area contributed by atoms with Crippen molar-refractivity contribution >= 4 is 0 Å². The van der Waals surface area contributed by atoms with Gasteiger partial charge in [0.25, 0.3) is 0 Å². The van der Waals surface area contributed by atoms with Gasteiger partial charge in [-0.2, -0.15) is 5.06 Å². The molecule has 1 heterocycles. The summed E-state index contributed by atoms with van der Waals surface area (Å²) in [6.45, 7) is 11.9. The number of quaternary nitrogens is 1. The van der Waals surface area contributed by atoms with Crippen LogP contribution in [-0.4, -0.2) is 52.5 Å². The van der Waals surface area contributed by atoms with E-state index in [0.29, 0.717) is 6.04 Å². The normalized spacial score (nSPS) is 27.0. The van der Waals surface area contributed by atoms with Crippen molar-refractivity contribution in [1.82, 2.24) is 5.06 Å². The van der Waals surface area contributed by atoms with E-state index in [0.717, 1.165) is 23.9 Å². The lowest BCUT2D eigenvalue weighted by atomic mass is 9.77. The van der Waals surface area contributed by atoms with Gasteiger partial charge in [0.15, 0.2) is 0 Å². The summed E-state index contributed by atoms with van der Waals surface area (Å²) in [7, 11) is 4.59. The van der Waals surface area contributed by atoms with Gasteiger partial charge < -0.3 is 9.69 Å². The zero-order valence-electron chi connectivity index (χ0n) is 12.0. The maximum absolute atomic E-state index is 10.2. The molecule has 1 aliphatic heterocycles. The van der Waals surface area contributed by atoms with Crippen LogP contribution in [-0.2, 0) is 0 Å². The van der Waals surface area contributed by atoms with Crippen molar-refractivity contribution in [3.63, 3.8) is 0 Å². The molecule has 0 aromatic rings. The van der Waals surface area contributed by atoms with Gasteiger partial charge in [0.1, 0.15) is 0 Å². The van der Waals surface area contributed by atoms with E-state index in [-0.39, 0.29) is 11.1 Å². The van der Waals surface area contributed by atoms with E-state index in [1.807, 2.05) is 0 Å². The molecule has 1 rings (SSSR count). The Morgan fingerprint density at radius 3 is 1.81 bits per heavy atom. The van der Waals surface area contributed by atoms with Crippen LogP contribution in [0.3, 0.4) is 0 Å². The largest absolute Gasteiger partial charge is 0.326 e. The summed E-state index contributed by atoms with van der Waals surface area (Å²) in [5.41, 5.74) is -0.256. The molecule has 0 aromatic carbocycles. The summed E-state index contributed by atoms with van der Waals surface area (Å²) in [6, 6.07) is 0.624. The molecule has 0 saturated carbocycles. The smallest absolute Gasteiger partial charge is 0.0923 e. The molecule has 0 bridgehead atoms. The lowest BCUT2D eigenvalue weighted by molar-refractivity contribution is -0.916. The SMILES string of the molecule is CC[N+](C)(C)C1CC(C)(C)N(O)C(C)(C)C1. The summed E-state index contributed by atoms with van der Waals surface area (Å²) in [5.74, 6) is 0.